The topological polar surface area (TPSA) is 68.0 Å². The average Bonchev–Trinajstić information content (AvgIpc) is 3.13. The Labute approximate surface area is 180 Å². The molecule has 1 N–H and O–H groups in total. The quantitative estimate of drug-likeness (QED) is 0.448. The minimum atomic E-state index is -0.165. The van der Waals surface area contributed by atoms with Crippen LogP contribution in [0.3, 0.4) is 0 Å². The molecule has 8 heteroatoms. The molecule has 0 radical (unpaired) electrons. The van der Waals surface area contributed by atoms with Crippen LogP contribution in [0.5, 0.6) is 5.75 Å². The standard InChI is InChI=1S/C21H17BrN4O2S/c1-2-9-23-21-26(24-11-15-5-3-4-6-16(15)22)18(13-29-21)14-7-8-19-17(10-14)25-20(27)12-28-19/h2-8,10-11,13H,1,9,12H2,(H,25,27). The van der Waals surface area contributed by atoms with Gasteiger partial charge in [-0.25, -0.2) is 4.68 Å². The number of aromatic nitrogens is 1. The summed E-state index contributed by atoms with van der Waals surface area (Å²) < 4.78 is 8.20. The number of rotatable bonds is 5. The maximum Gasteiger partial charge on any atom is 0.262 e. The predicted molar refractivity (Wildman–Crippen MR) is 120 cm³/mol. The lowest BCUT2D eigenvalue weighted by molar-refractivity contribution is -0.118. The third-order valence-corrected chi connectivity index (χ3v) is 5.74. The number of carbonyl (C=O) groups is 1. The molecule has 0 spiro atoms. The normalized spacial score (nSPS) is 13.8. The van der Waals surface area contributed by atoms with Gasteiger partial charge in [0.05, 0.1) is 24.1 Å². The molecule has 4 rings (SSSR count). The Morgan fingerprint density at radius 1 is 1.31 bits per heavy atom. The molecule has 0 unspecified atom stereocenters. The van der Waals surface area contributed by atoms with Crippen molar-refractivity contribution in [1.29, 1.82) is 0 Å². The predicted octanol–water partition coefficient (Wildman–Crippen LogP) is 4.28. The summed E-state index contributed by atoms with van der Waals surface area (Å²) in [7, 11) is 0. The third-order valence-electron chi connectivity index (χ3n) is 4.17. The molecular formula is C21H17BrN4O2S. The number of anilines is 1. The molecule has 1 aromatic heterocycles. The van der Waals surface area contributed by atoms with Crippen molar-refractivity contribution < 1.29 is 9.53 Å². The van der Waals surface area contributed by atoms with E-state index in [1.54, 1.807) is 17.0 Å². The number of nitrogens with zero attached hydrogens (tertiary/aromatic N) is 3. The van der Waals surface area contributed by atoms with Crippen molar-refractivity contribution in [2.24, 2.45) is 10.1 Å². The summed E-state index contributed by atoms with van der Waals surface area (Å²) >= 11 is 5.04. The van der Waals surface area contributed by atoms with E-state index in [0.29, 0.717) is 18.0 Å². The van der Waals surface area contributed by atoms with Crippen LogP contribution in [0.2, 0.25) is 0 Å². The second-order valence-electron chi connectivity index (χ2n) is 6.16. The van der Waals surface area contributed by atoms with Crippen LogP contribution in [-0.4, -0.2) is 29.9 Å². The molecule has 2 heterocycles. The van der Waals surface area contributed by atoms with Gasteiger partial charge in [0.2, 0.25) is 4.80 Å². The molecule has 0 aliphatic carbocycles. The van der Waals surface area contributed by atoms with Gasteiger partial charge in [-0.3, -0.25) is 9.79 Å². The van der Waals surface area contributed by atoms with Crippen LogP contribution in [0.15, 0.2) is 75.1 Å². The second-order valence-corrected chi connectivity index (χ2v) is 7.85. The Kier molecular flexibility index (Phi) is 5.73. The van der Waals surface area contributed by atoms with E-state index in [9.17, 15) is 4.79 Å². The maximum absolute atomic E-state index is 11.7. The first kappa shape index (κ1) is 19.4. The Bertz CT molecular complexity index is 1180. The van der Waals surface area contributed by atoms with Gasteiger partial charge in [0.15, 0.2) is 6.61 Å². The molecule has 29 heavy (non-hydrogen) atoms. The van der Waals surface area contributed by atoms with E-state index < -0.39 is 0 Å². The zero-order chi connectivity index (χ0) is 20.2. The highest BCUT2D eigenvalue weighted by atomic mass is 79.9. The molecule has 1 amide bonds. The first-order chi connectivity index (χ1) is 14.2. The highest BCUT2D eigenvalue weighted by molar-refractivity contribution is 9.10. The molecule has 1 aliphatic heterocycles. The van der Waals surface area contributed by atoms with Gasteiger partial charge in [0.25, 0.3) is 5.91 Å². The van der Waals surface area contributed by atoms with E-state index >= 15 is 0 Å². The molecule has 3 aromatic rings. The fourth-order valence-corrected chi connectivity index (χ4v) is 4.04. The second kappa shape index (κ2) is 8.59. The molecule has 0 saturated heterocycles. The van der Waals surface area contributed by atoms with Crippen molar-refractivity contribution in [3.05, 3.63) is 75.3 Å². The van der Waals surface area contributed by atoms with Gasteiger partial charge in [-0.15, -0.1) is 17.9 Å². The van der Waals surface area contributed by atoms with Crippen molar-refractivity contribution in [3.8, 4) is 17.0 Å². The fourth-order valence-electron chi connectivity index (χ4n) is 2.80. The summed E-state index contributed by atoms with van der Waals surface area (Å²) in [5, 5.41) is 9.52. The van der Waals surface area contributed by atoms with Crippen LogP contribution in [0.1, 0.15) is 5.56 Å². The highest BCUT2D eigenvalue weighted by Gasteiger charge is 2.17. The summed E-state index contributed by atoms with van der Waals surface area (Å²) in [6.45, 7) is 4.27. The summed E-state index contributed by atoms with van der Waals surface area (Å²) in [4.78, 5) is 17.0. The lowest BCUT2D eigenvalue weighted by Gasteiger charge is -2.18. The molecular weight excluding hydrogens is 452 g/mol. The van der Waals surface area contributed by atoms with Crippen LogP contribution in [0.4, 0.5) is 5.69 Å². The first-order valence-corrected chi connectivity index (χ1v) is 10.5. The number of ether oxygens (including phenoxy) is 1. The third kappa shape index (κ3) is 4.23. The van der Waals surface area contributed by atoms with E-state index in [-0.39, 0.29) is 12.5 Å². The van der Waals surface area contributed by atoms with Crippen molar-refractivity contribution in [2.45, 2.75) is 0 Å². The van der Waals surface area contributed by atoms with Gasteiger partial charge in [0.1, 0.15) is 5.75 Å². The lowest BCUT2D eigenvalue weighted by atomic mass is 10.1. The molecule has 6 nitrogen and oxygen atoms in total. The number of carbonyl (C=O) groups excluding carboxylic acids is 1. The number of thiazole rings is 1. The van der Waals surface area contributed by atoms with Gasteiger partial charge in [-0.2, -0.15) is 5.10 Å². The lowest BCUT2D eigenvalue weighted by Crippen LogP contribution is -2.25. The number of fused-ring (bicyclic) bond motifs is 1. The van der Waals surface area contributed by atoms with Crippen LogP contribution in [-0.2, 0) is 4.79 Å². The number of benzene rings is 2. The monoisotopic (exact) mass is 468 g/mol. The minimum Gasteiger partial charge on any atom is -0.482 e. The highest BCUT2D eigenvalue weighted by Crippen LogP contribution is 2.32. The van der Waals surface area contributed by atoms with Gasteiger partial charge in [0, 0.05) is 21.0 Å². The Morgan fingerprint density at radius 3 is 3.00 bits per heavy atom. The Balaban J connectivity index is 1.79. The zero-order valence-corrected chi connectivity index (χ0v) is 17.7. The van der Waals surface area contributed by atoms with E-state index in [0.717, 1.165) is 26.1 Å². The average molecular weight is 469 g/mol. The fraction of sp³-hybridized carbons (Fsp3) is 0.0952. The van der Waals surface area contributed by atoms with Crippen LogP contribution >= 0.6 is 27.3 Å². The number of hydrogen-bond acceptors (Lipinski definition) is 5. The molecule has 0 atom stereocenters. The maximum atomic E-state index is 11.7. The van der Waals surface area contributed by atoms with E-state index in [4.69, 9.17) is 4.74 Å². The van der Waals surface area contributed by atoms with Crippen molar-refractivity contribution in [1.82, 2.24) is 4.68 Å². The van der Waals surface area contributed by atoms with E-state index in [1.807, 2.05) is 47.8 Å². The molecule has 0 saturated carbocycles. The summed E-state index contributed by atoms with van der Waals surface area (Å²) in [5.41, 5.74) is 3.37. The molecule has 0 fully saturated rings. The van der Waals surface area contributed by atoms with Gasteiger partial charge < -0.3 is 10.1 Å². The Hall–Kier alpha value is -2.97. The number of hydrogen-bond donors (Lipinski definition) is 1. The van der Waals surface area contributed by atoms with Crippen LogP contribution < -0.4 is 14.9 Å². The molecule has 1 aliphatic rings. The van der Waals surface area contributed by atoms with Gasteiger partial charge in [-0.05, 0) is 24.3 Å². The largest absolute Gasteiger partial charge is 0.482 e. The number of halogens is 1. The first-order valence-electron chi connectivity index (χ1n) is 8.83. The molecule has 2 aromatic carbocycles. The van der Waals surface area contributed by atoms with Crippen LogP contribution in [0.25, 0.3) is 11.3 Å². The molecule has 146 valence electrons. The van der Waals surface area contributed by atoms with E-state index in [1.165, 1.54) is 11.3 Å². The number of nitrogens with one attached hydrogen (secondary N) is 1. The van der Waals surface area contributed by atoms with Gasteiger partial charge >= 0.3 is 0 Å². The SMILES string of the molecule is C=CCN=c1scc(-c2ccc3c(c2)NC(=O)CO3)n1N=Cc1ccccc1Br. The van der Waals surface area contributed by atoms with E-state index in [2.05, 4.69) is 37.9 Å². The van der Waals surface area contributed by atoms with Crippen molar-refractivity contribution >= 4 is 45.1 Å². The minimum absolute atomic E-state index is 0.0334. The van der Waals surface area contributed by atoms with Crippen molar-refractivity contribution in [2.75, 3.05) is 18.5 Å². The zero-order valence-electron chi connectivity index (χ0n) is 15.3. The summed E-state index contributed by atoms with van der Waals surface area (Å²) in [6.07, 6.45) is 3.53. The van der Waals surface area contributed by atoms with Gasteiger partial charge in [-0.1, -0.05) is 40.2 Å². The number of amides is 1. The summed E-state index contributed by atoms with van der Waals surface area (Å²) in [6, 6.07) is 13.5. The van der Waals surface area contributed by atoms with Crippen LogP contribution in [0, 0.1) is 0 Å². The smallest absolute Gasteiger partial charge is 0.262 e. The summed E-state index contributed by atoms with van der Waals surface area (Å²) in [5.74, 6) is 0.491. The van der Waals surface area contributed by atoms with Crippen molar-refractivity contribution in [3.63, 3.8) is 0 Å². The molecule has 0 bridgehead atoms. The Morgan fingerprint density at radius 2 is 2.17 bits per heavy atom.